The molecule has 0 spiro atoms. The average molecular weight is 569 g/mol. The van der Waals surface area contributed by atoms with E-state index in [1.807, 2.05) is 0 Å². The first-order chi connectivity index (χ1) is 18.6. The predicted molar refractivity (Wildman–Crippen MR) is 139 cm³/mol. The molecule has 2 heterocycles. The van der Waals surface area contributed by atoms with Crippen molar-refractivity contribution in [3.8, 4) is 0 Å². The minimum Gasteiger partial charge on any atom is -0.394 e. The highest BCUT2D eigenvalue weighted by molar-refractivity contribution is 4.91. The van der Waals surface area contributed by atoms with Crippen LogP contribution in [0.25, 0.3) is 0 Å². The molecule has 0 saturated carbocycles. The SMILES string of the molecule is CCCCCCC(CCCCCC)(CO[C@H]1O[C@@H](CO)[C@H](O)[C@@H](O)[C@@H]1O)CO[C@H]1O[C@@H](CO)[C@H](O)[C@@H](O)[C@@H]1O. The van der Waals surface area contributed by atoms with Gasteiger partial charge in [0.1, 0.15) is 48.8 Å². The molecule has 0 amide bonds. The molecule has 2 fully saturated rings. The number of aliphatic hydroxyl groups is 8. The lowest BCUT2D eigenvalue weighted by atomic mass is 9.79. The predicted octanol–water partition coefficient (Wildman–Crippen LogP) is -0.453. The molecule has 2 rings (SSSR count). The number of rotatable bonds is 18. The minimum atomic E-state index is -1.56. The Morgan fingerprint density at radius 3 is 1.26 bits per heavy atom. The van der Waals surface area contributed by atoms with Crippen molar-refractivity contribution in [2.24, 2.45) is 5.41 Å². The highest BCUT2D eigenvalue weighted by Crippen LogP contribution is 2.36. The maximum Gasteiger partial charge on any atom is 0.186 e. The van der Waals surface area contributed by atoms with Crippen molar-refractivity contribution >= 4 is 0 Å². The van der Waals surface area contributed by atoms with Crippen molar-refractivity contribution in [2.75, 3.05) is 26.4 Å². The minimum absolute atomic E-state index is 0.0470. The van der Waals surface area contributed by atoms with Gasteiger partial charge in [-0.05, 0) is 12.8 Å². The van der Waals surface area contributed by atoms with Gasteiger partial charge in [0.05, 0.1) is 26.4 Å². The molecule has 0 aromatic rings. The summed E-state index contributed by atoms with van der Waals surface area (Å²) >= 11 is 0. The zero-order valence-corrected chi connectivity index (χ0v) is 23.4. The van der Waals surface area contributed by atoms with Crippen LogP contribution in [0, 0.1) is 5.41 Å². The summed E-state index contributed by atoms with van der Waals surface area (Å²) in [7, 11) is 0. The van der Waals surface area contributed by atoms with Gasteiger partial charge in [-0.15, -0.1) is 0 Å². The first-order valence-electron chi connectivity index (χ1n) is 14.5. The Hall–Kier alpha value is -0.480. The van der Waals surface area contributed by atoms with Crippen molar-refractivity contribution in [2.45, 2.75) is 139 Å². The molecular formula is C27H52O12. The van der Waals surface area contributed by atoms with Crippen LogP contribution in [0.4, 0.5) is 0 Å². The lowest BCUT2D eigenvalue weighted by molar-refractivity contribution is -0.319. The van der Waals surface area contributed by atoms with Gasteiger partial charge in [-0.25, -0.2) is 0 Å². The molecule has 2 aliphatic rings. The molecule has 12 heteroatoms. The van der Waals surface area contributed by atoms with Crippen molar-refractivity contribution in [3.63, 3.8) is 0 Å². The molecule has 0 bridgehead atoms. The number of aliphatic hydroxyl groups excluding tert-OH is 8. The van der Waals surface area contributed by atoms with E-state index in [0.29, 0.717) is 12.8 Å². The van der Waals surface area contributed by atoms with E-state index in [2.05, 4.69) is 13.8 Å². The van der Waals surface area contributed by atoms with Crippen LogP contribution < -0.4 is 0 Å². The molecule has 2 saturated heterocycles. The molecule has 0 aromatic heterocycles. The molecular weight excluding hydrogens is 516 g/mol. The second kappa shape index (κ2) is 17.5. The largest absolute Gasteiger partial charge is 0.394 e. The molecule has 0 aliphatic carbocycles. The second-order valence-electron chi connectivity index (χ2n) is 11.1. The van der Waals surface area contributed by atoms with Gasteiger partial charge < -0.3 is 59.8 Å². The Labute approximate surface area is 231 Å². The fourth-order valence-corrected chi connectivity index (χ4v) is 5.24. The molecule has 12 nitrogen and oxygen atoms in total. The first kappa shape index (κ1) is 34.7. The Morgan fingerprint density at radius 2 is 0.923 bits per heavy atom. The Bertz CT molecular complexity index is 596. The molecule has 2 aliphatic heterocycles. The van der Waals surface area contributed by atoms with Gasteiger partial charge in [0.2, 0.25) is 0 Å². The summed E-state index contributed by atoms with van der Waals surface area (Å²) in [5.41, 5.74) is -0.626. The summed E-state index contributed by atoms with van der Waals surface area (Å²) in [6, 6.07) is 0. The van der Waals surface area contributed by atoms with Crippen LogP contribution >= 0.6 is 0 Å². The topological polar surface area (TPSA) is 199 Å². The van der Waals surface area contributed by atoms with Crippen LogP contribution in [0.3, 0.4) is 0 Å². The molecule has 232 valence electrons. The van der Waals surface area contributed by atoms with Gasteiger partial charge in [-0.2, -0.15) is 0 Å². The Kier molecular flexibility index (Phi) is 15.6. The molecule has 8 N–H and O–H groups in total. The third-order valence-electron chi connectivity index (χ3n) is 7.93. The second-order valence-corrected chi connectivity index (χ2v) is 11.1. The molecule has 39 heavy (non-hydrogen) atoms. The van der Waals surface area contributed by atoms with Crippen LogP contribution in [0.15, 0.2) is 0 Å². The van der Waals surface area contributed by atoms with Gasteiger partial charge in [0.15, 0.2) is 12.6 Å². The van der Waals surface area contributed by atoms with E-state index in [1.165, 1.54) is 0 Å². The molecule has 0 radical (unpaired) electrons. The van der Waals surface area contributed by atoms with Crippen LogP contribution in [-0.4, -0.2) is 129 Å². The lowest BCUT2D eigenvalue weighted by Crippen LogP contribution is -2.60. The summed E-state index contributed by atoms with van der Waals surface area (Å²) < 4.78 is 23.1. The lowest BCUT2D eigenvalue weighted by Gasteiger charge is -2.43. The van der Waals surface area contributed by atoms with Crippen LogP contribution in [-0.2, 0) is 18.9 Å². The fraction of sp³-hybridized carbons (Fsp3) is 1.00. The third-order valence-corrected chi connectivity index (χ3v) is 7.93. The van der Waals surface area contributed by atoms with Crippen LogP contribution in [0.1, 0.15) is 78.1 Å². The van der Waals surface area contributed by atoms with E-state index < -0.39 is 80.0 Å². The standard InChI is InChI=1S/C27H52O12/c1-3-5-7-9-11-27(12-10-8-6-4-2,15-36-25-23(34)21(32)19(30)17(13-28)38-25)16-37-26-24(35)22(33)20(31)18(14-29)39-26/h17-26,28-35H,3-16H2,1-2H3/t17-,18-,19-,20-,21+,22+,23-,24-,25-,26-/m0/s1. The summed E-state index contributed by atoms with van der Waals surface area (Å²) in [5, 5.41) is 80.6. The van der Waals surface area contributed by atoms with Gasteiger partial charge >= 0.3 is 0 Å². The van der Waals surface area contributed by atoms with E-state index in [-0.39, 0.29) is 13.2 Å². The summed E-state index contributed by atoms with van der Waals surface area (Å²) in [5.74, 6) is 0. The molecule has 0 unspecified atom stereocenters. The number of unbranched alkanes of at least 4 members (excludes halogenated alkanes) is 6. The number of ether oxygens (including phenoxy) is 4. The van der Waals surface area contributed by atoms with Gasteiger partial charge in [-0.3, -0.25) is 0 Å². The highest BCUT2D eigenvalue weighted by Gasteiger charge is 2.47. The summed E-state index contributed by atoms with van der Waals surface area (Å²) in [6.07, 6.45) is -4.74. The number of hydrogen-bond donors (Lipinski definition) is 8. The summed E-state index contributed by atoms with van der Waals surface area (Å²) in [4.78, 5) is 0. The monoisotopic (exact) mass is 568 g/mol. The smallest absolute Gasteiger partial charge is 0.186 e. The van der Waals surface area contributed by atoms with Crippen LogP contribution in [0.2, 0.25) is 0 Å². The maximum absolute atomic E-state index is 10.5. The highest BCUT2D eigenvalue weighted by atomic mass is 16.7. The van der Waals surface area contributed by atoms with Gasteiger partial charge in [0.25, 0.3) is 0 Å². The van der Waals surface area contributed by atoms with Gasteiger partial charge in [0, 0.05) is 5.41 Å². The normalized spacial score (nSPS) is 35.8. The van der Waals surface area contributed by atoms with Crippen molar-refractivity contribution in [1.29, 1.82) is 0 Å². The van der Waals surface area contributed by atoms with E-state index >= 15 is 0 Å². The maximum atomic E-state index is 10.5. The van der Waals surface area contributed by atoms with E-state index in [9.17, 15) is 40.9 Å². The Balaban J connectivity index is 2.21. The van der Waals surface area contributed by atoms with E-state index in [1.54, 1.807) is 0 Å². The zero-order valence-electron chi connectivity index (χ0n) is 23.4. The van der Waals surface area contributed by atoms with E-state index in [4.69, 9.17) is 18.9 Å². The quantitative estimate of drug-likeness (QED) is 0.0992. The number of hydrogen-bond acceptors (Lipinski definition) is 12. The van der Waals surface area contributed by atoms with Crippen molar-refractivity contribution in [3.05, 3.63) is 0 Å². The van der Waals surface area contributed by atoms with Gasteiger partial charge in [-0.1, -0.05) is 65.2 Å². The van der Waals surface area contributed by atoms with Crippen molar-refractivity contribution < 1.29 is 59.8 Å². The Morgan fingerprint density at radius 1 is 0.538 bits per heavy atom. The van der Waals surface area contributed by atoms with Crippen LogP contribution in [0.5, 0.6) is 0 Å². The zero-order chi connectivity index (χ0) is 29.0. The molecule has 10 atom stereocenters. The first-order valence-corrected chi connectivity index (χ1v) is 14.5. The fourth-order valence-electron chi connectivity index (χ4n) is 5.24. The summed E-state index contributed by atoms with van der Waals surface area (Å²) in [6.45, 7) is 3.19. The average Bonchev–Trinajstić information content (AvgIpc) is 2.94. The van der Waals surface area contributed by atoms with Crippen molar-refractivity contribution in [1.82, 2.24) is 0 Å². The van der Waals surface area contributed by atoms with E-state index in [0.717, 1.165) is 51.4 Å². The molecule has 0 aromatic carbocycles. The third kappa shape index (κ3) is 9.79.